The molecule has 0 bridgehead atoms. The van der Waals surface area contributed by atoms with E-state index in [9.17, 15) is 5.21 Å². The standard InChI is InChI=1S/C17H19N3O5/c21-20-17(11-1-2-15-16(7-11)24-10-23-15)13(18-25-20)9-19-5-3-14-12(8-19)4-6-22-14/h1-2,7,12,14H,3-6,8-10H2/t12-,14+/m1/s1. The molecule has 0 spiro atoms. The Kier molecular flexibility index (Phi) is 3.53. The number of benzene rings is 1. The normalized spacial score (nSPS) is 25.3. The Hall–Kier alpha value is -2.32. The van der Waals surface area contributed by atoms with Gasteiger partial charge < -0.3 is 19.4 Å². The summed E-state index contributed by atoms with van der Waals surface area (Å²) in [4.78, 5) is 2.79. The monoisotopic (exact) mass is 345 g/mol. The molecular formula is C17H19N3O5. The number of aromatic nitrogens is 2. The third-order valence-corrected chi connectivity index (χ3v) is 5.27. The maximum atomic E-state index is 12.1. The van der Waals surface area contributed by atoms with Crippen molar-refractivity contribution in [2.75, 3.05) is 26.5 Å². The highest BCUT2D eigenvalue weighted by Gasteiger charge is 2.35. The molecule has 2 atom stereocenters. The quantitative estimate of drug-likeness (QED) is 0.776. The molecule has 3 aliphatic rings. The van der Waals surface area contributed by atoms with Gasteiger partial charge in [-0.1, -0.05) is 0 Å². The van der Waals surface area contributed by atoms with Crippen molar-refractivity contribution in [3.05, 3.63) is 29.1 Å². The van der Waals surface area contributed by atoms with Gasteiger partial charge in [0.15, 0.2) is 11.5 Å². The first-order chi connectivity index (χ1) is 12.3. The second-order valence-electron chi connectivity index (χ2n) is 6.78. The summed E-state index contributed by atoms with van der Waals surface area (Å²) in [7, 11) is 0. The Morgan fingerprint density at radius 2 is 2.16 bits per heavy atom. The lowest BCUT2D eigenvalue weighted by molar-refractivity contribution is -0.793. The van der Waals surface area contributed by atoms with Gasteiger partial charge in [-0.05, 0) is 35.9 Å². The first kappa shape index (κ1) is 15.0. The number of piperidine rings is 1. The van der Waals surface area contributed by atoms with Crippen LogP contribution in [-0.4, -0.2) is 42.6 Å². The van der Waals surface area contributed by atoms with Gasteiger partial charge in [0.05, 0.1) is 12.6 Å². The maximum absolute atomic E-state index is 12.1. The highest BCUT2D eigenvalue weighted by atomic mass is 16.8. The molecule has 25 heavy (non-hydrogen) atoms. The molecule has 0 aliphatic carbocycles. The maximum Gasteiger partial charge on any atom is 0.240 e. The minimum absolute atomic E-state index is 0.199. The summed E-state index contributed by atoms with van der Waals surface area (Å²) < 4.78 is 21.4. The molecule has 1 aromatic heterocycles. The van der Waals surface area contributed by atoms with Gasteiger partial charge in [-0.15, -0.1) is 0 Å². The summed E-state index contributed by atoms with van der Waals surface area (Å²) >= 11 is 0. The van der Waals surface area contributed by atoms with Gasteiger partial charge in [0, 0.05) is 36.3 Å². The van der Waals surface area contributed by atoms with Crippen molar-refractivity contribution in [2.24, 2.45) is 5.92 Å². The summed E-state index contributed by atoms with van der Waals surface area (Å²) in [5, 5.41) is 16.1. The zero-order valence-electron chi connectivity index (χ0n) is 13.7. The molecule has 8 heteroatoms. The van der Waals surface area contributed by atoms with E-state index in [4.69, 9.17) is 18.8 Å². The summed E-state index contributed by atoms with van der Waals surface area (Å²) in [5.41, 5.74) is 1.80. The minimum atomic E-state index is 0.199. The number of nitrogens with zero attached hydrogens (tertiary/aromatic N) is 3. The van der Waals surface area contributed by atoms with Crippen LogP contribution in [0.5, 0.6) is 11.5 Å². The van der Waals surface area contributed by atoms with Crippen molar-refractivity contribution in [1.82, 2.24) is 10.1 Å². The van der Waals surface area contributed by atoms with Crippen LogP contribution >= 0.6 is 0 Å². The number of ether oxygens (including phenoxy) is 3. The van der Waals surface area contributed by atoms with Crippen molar-refractivity contribution in [2.45, 2.75) is 25.5 Å². The first-order valence-electron chi connectivity index (χ1n) is 8.60. The van der Waals surface area contributed by atoms with Gasteiger partial charge in [-0.3, -0.25) is 9.53 Å². The predicted octanol–water partition coefficient (Wildman–Crippen LogP) is 1.31. The van der Waals surface area contributed by atoms with E-state index in [2.05, 4.69) is 10.1 Å². The highest BCUT2D eigenvalue weighted by molar-refractivity contribution is 5.64. The molecule has 0 radical (unpaired) electrons. The molecule has 0 N–H and O–H groups in total. The Morgan fingerprint density at radius 3 is 3.12 bits per heavy atom. The largest absolute Gasteiger partial charge is 0.454 e. The number of fused-ring (bicyclic) bond motifs is 2. The van der Waals surface area contributed by atoms with Crippen molar-refractivity contribution in [3.63, 3.8) is 0 Å². The van der Waals surface area contributed by atoms with E-state index >= 15 is 0 Å². The summed E-state index contributed by atoms with van der Waals surface area (Å²) in [5.74, 6) is 1.89. The third-order valence-electron chi connectivity index (χ3n) is 5.27. The predicted molar refractivity (Wildman–Crippen MR) is 84.8 cm³/mol. The number of rotatable bonds is 3. The van der Waals surface area contributed by atoms with E-state index in [0.29, 0.717) is 46.4 Å². The van der Waals surface area contributed by atoms with Crippen LogP contribution in [0.2, 0.25) is 0 Å². The fraction of sp³-hybridized carbons (Fsp3) is 0.529. The fourth-order valence-corrected chi connectivity index (χ4v) is 4.00. The lowest BCUT2D eigenvalue weighted by Crippen LogP contribution is -2.41. The van der Waals surface area contributed by atoms with Crippen molar-refractivity contribution in [3.8, 4) is 22.8 Å². The second-order valence-corrected chi connectivity index (χ2v) is 6.78. The minimum Gasteiger partial charge on any atom is -0.454 e. The summed E-state index contributed by atoms with van der Waals surface area (Å²) in [6, 6.07) is 5.43. The van der Waals surface area contributed by atoms with Crippen LogP contribution in [0.1, 0.15) is 18.5 Å². The van der Waals surface area contributed by atoms with E-state index < -0.39 is 0 Å². The third kappa shape index (κ3) is 2.61. The highest BCUT2D eigenvalue weighted by Crippen LogP contribution is 2.36. The Balaban J connectivity index is 1.40. The van der Waals surface area contributed by atoms with Gasteiger partial charge in [-0.25, -0.2) is 0 Å². The van der Waals surface area contributed by atoms with Crippen LogP contribution in [-0.2, 0) is 11.3 Å². The molecule has 2 aromatic rings. The molecule has 1 aromatic carbocycles. The molecule has 0 amide bonds. The Morgan fingerprint density at radius 1 is 1.24 bits per heavy atom. The van der Waals surface area contributed by atoms with E-state index in [-0.39, 0.29) is 6.79 Å². The van der Waals surface area contributed by atoms with Gasteiger partial charge in [0.2, 0.25) is 18.2 Å². The number of hydrogen-bond donors (Lipinski definition) is 0. The molecule has 132 valence electrons. The van der Waals surface area contributed by atoms with Crippen molar-refractivity contribution in [1.29, 1.82) is 0 Å². The van der Waals surface area contributed by atoms with Gasteiger partial charge in [-0.2, -0.15) is 0 Å². The van der Waals surface area contributed by atoms with E-state index in [1.165, 1.54) is 0 Å². The molecule has 0 saturated carbocycles. The van der Waals surface area contributed by atoms with Gasteiger partial charge in [0.1, 0.15) is 0 Å². The average molecular weight is 345 g/mol. The SMILES string of the molecule is [O-][n+]1onc(CN2CC[C@@H]3OCC[C@@H]3C2)c1-c1ccc2c(c1)OCO2. The molecule has 8 nitrogen and oxygen atoms in total. The van der Waals surface area contributed by atoms with E-state index in [1.807, 2.05) is 6.07 Å². The van der Waals surface area contributed by atoms with Gasteiger partial charge >= 0.3 is 0 Å². The van der Waals surface area contributed by atoms with E-state index in [1.54, 1.807) is 12.1 Å². The van der Waals surface area contributed by atoms with Crippen LogP contribution in [0.3, 0.4) is 0 Å². The zero-order chi connectivity index (χ0) is 16.8. The molecular weight excluding hydrogens is 326 g/mol. The molecule has 0 unspecified atom stereocenters. The number of hydrogen-bond acceptors (Lipinski definition) is 7. The summed E-state index contributed by atoms with van der Waals surface area (Å²) in [6.45, 7) is 3.55. The van der Waals surface area contributed by atoms with E-state index in [0.717, 1.165) is 38.1 Å². The van der Waals surface area contributed by atoms with Crippen LogP contribution in [0.4, 0.5) is 0 Å². The average Bonchev–Trinajstić information content (AvgIpc) is 3.33. The Bertz CT molecular complexity index is 793. The first-order valence-corrected chi connectivity index (χ1v) is 8.60. The van der Waals surface area contributed by atoms with Crippen LogP contribution in [0, 0.1) is 11.1 Å². The molecule has 2 saturated heterocycles. The number of likely N-dealkylation sites (tertiary alicyclic amines) is 1. The van der Waals surface area contributed by atoms with Crippen LogP contribution < -0.4 is 14.4 Å². The molecule has 3 aliphatic heterocycles. The lowest BCUT2D eigenvalue weighted by Gasteiger charge is -2.33. The fourth-order valence-electron chi connectivity index (χ4n) is 4.00. The second kappa shape index (κ2) is 5.89. The van der Waals surface area contributed by atoms with Crippen LogP contribution in [0.15, 0.2) is 22.8 Å². The smallest absolute Gasteiger partial charge is 0.240 e. The van der Waals surface area contributed by atoms with Crippen molar-refractivity contribution >= 4 is 0 Å². The van der Waals surface area contributed by atoms with Crippen LogP contribution in [0.25, 0.3) is 11.3 Å². The molecule has 2 fully saturated rings. The lowest BCUT2D eigenvalue weighted by atomic mass is 9.94. The molecule has 5 rings (SSSR count). The topological polar surface area (TPSA) is 83.9 Å². The molecule has 4 heterocycles. The Labute approximate surface area is 144 Å². The zero-order valence-corrected chi connectivity index (χ0v) is 13.7. The summed E-state index contributed by atoms with van der Waals surface area (Å²) in [6.07, 6.45) is 2.53. The van der Waals surface area contributed by atoms with Gasteiger partial charge in [0.25, 0.3) is 0 Å². The van der Waals surface area contributed by atoms with Crippen molar-refractivity contribution < 1.29 is 23.7 Å².